The summed E-state index contributed by atoms with van der Waals surface area (Å²) in [5.41, 5.74) is 0.0570. The van der Waals surface area contributed by atoms with Crippen LogP contribution in [0.1, 0.15) is 40.5 Å². The van der Waals surface area contributed by atoms with E-state index in [9.17, 15) is 0 Å². The summed E-state index contributed by atoms with van der Waals surface area (Å²) in [7, 11) is 1.82. The van der Waals surface area contributed by atoms with Crippen molar-refractivity contribution in [2.75, 3.05) is 33.2 Å². The van der Waals surface area contributed by atoms with Gasteiger partial charge < -0.3 is 15.5 Å². The SMILES string of the molecule is CN=C(NCCN1CCCC(C)C1)NC(C)(C)C. The Balaban J connectivity index is 2.23. The monoisotopic (exact) mass is 254 g/mol. The van der Waals surface area contributed by atoms with Gasteiger partial charge >= 0.3 is 0 Å². The average molecular weight is 254 g/mol. The normalized spacial score (nSPS) is 22.9. The van der Waals surface area contributed by atoms with Crippen molar-refractivity contribution in [1.29, 1.82) is 0 Å². The van der Waals surface area contributed by atoms with Crippen LogP contribution < -0.4 is 10.6 Å². The standard InChI is InChI=1S/C14H30N4/c1-12-7-6-9-18(11-12)10-8-16-13(15-5)17-14(2,3)4/h12H,6-11H2,1-5H3,(H2,15,16,17). The summed E-state index contributed by atoms with van der Waals surface area (Å²) >= 11 is 0. The molecule has 106 valence electrons. The number of piperidine rings is 1. The molecule has 0 aromatic rings. The maximum atomic E-state index is 4.25. The van der Waals surface area contributed by atoms with E-state index in [1.54, 1.807) is 0 Å². The second-order valence-corrected chi connectivity index (χ2v) is 6.42. The number of hydrogen-bond donors (Lipinski definition) is 2. The molecular formula is C14H30N4. The highest BCUT2D eigenvalue weighted by Gasteiger charge is 2.16. The molecule has 0 bridgehead atoms. The van der Waals surface area contributed by atoms with Crippen LogP contribution >= 0.6 is 0 Å². The smallest absolute Gasteiger partial charge is 0.191 e. The van der Waals surface area contributed by atoms with Crippen molar-refractivity contribution in [3.63, 3.8) is 0 Å². The molecular weight excluding hydrogens is 224 g/mol. The van der Waals surface area contributed by atoms with Gasteiger partial charge in [0, 0.05) is 32.2 Å². The topological polar surface area (TPSA) is 39.7 Å². The van der Waals surface area contributed by atoms with E-state index in [4.69, 9.17) is 0 Å². The molecule has 0 aromatic carbocycles. The molecule has 0 radical (unpaired) electrons. The van der Waals surface area contributed by atoms with Gasteiger partial charge in [0.15, 0.2) is 5.96 Å². The molecule has 0 aliphatic carbocycles. The molecule has 1 rings (SSSR count). The van der Waals surface area contributed by atoms with Gasteiger partial charge in [0.05, 0.1) is 0 Å². The molecule has 1 saturated heterocycles. The number of nitrogens with one attached hydrogen (secondary N) is 2. The van der Waals surface area contributed by atoms with Crippen LogP contribution in [0.5, 0.6) is 0 Å². The molecule has 4 nitrogen and oxygen atoms in total. The number of aliphatic imine (C=N–C) groups is 1. The molecule has 1 atom stereocenters. The molecule has 1 unspecified atom stereocenters. The van der Waals surface area contributed by atoms with Crippen LogP contribution in [0, 0.1) is 5.92 Å². The van der Waals surface area contributed by atoms with Crippen LogP contribution in [0.2, 0.25) is 0 Å². The fourth-order valence-electron chi connectivity index (χ4n) is 2.36. The predicted octanol–water partition coefficient (Wildman–Crippen LogP) is 1.68. The van der Waals surface area contributed by atoms with Gasteiger partial charge in [0.25, 0.3) is 0 Å². The summed E-state index contributed by atoms with van der Waals surface area (Å²) in [5, 5.41) is 6.76. The molecule has 1 fully saturated rings. The van der Waals surface area contributed by atoms with Crippen LogP contribution in [0.4, 0.5) is 0 Å². The van der Waals surface area contributed by atoms with Crippen molar-refractivity contribution >= 4 is 5.96 Å². The lowest BCUT2D eigenvalue weighted by Gasteiger charge is -2.31. The van der Waals surface area contributed by atoms with Crippen LogP contribution in [-0.4, -0.2) is 49.6 Å². The largest absolute Gasteiger partial charge is 0.355 e. The minimum atomic E-state index is 0.0570. The zero-order valence-electron chi connectivity index (χ0n) is 12.7. The maximum Gasteiger partial charge on any atom is 0.191 e. The number of rotatable bonds is 3. The Kier molecular flexibility index (Phi) is 5.93. The third-order valence-corrected chi connectivity index (χ3v) is 3.18. The molecule has 1 aliphatic heterocycles. The maximum absolute atomic E-state index is 4.25. The summed E-state index contributed by atoms with van der Waals surface area (Å²) in [6.07, 6.45) is 2.73. The highest BCUT2D eigenvalue weighted by atomic mass is 15.2. The lowest BCUT2D eigenvalue weighted by molar-refractivity contribution is 0.186. The zero-order chi connectivity index (χ0) is 13.6. The summed E-state index contributed by atoms with van der Waals surface area (Å²) in [6.45, 7) is 13.3. The van der Waals surface area contributed by atoms with Crippen LogP contribution in [-0.2, 0) is 0 Å². The summed E-state index contributed by atoms with van der Waals surface area (Å²) in [4.78, 5) is 6.79. The average Bonchev–Trinajstić information content (AvgIpc) is 2.26. The van der Waals surface area contributed by atoms with E-state index in [2.05, 4.69) is 48.2 Å². The Bertz CT molecular complexity index is 267. The number of hydrogen-bond acceptors (Lipinski definition) is 2. The van der Waals surface area contributed by atoms with Crippen molar-refractivity contribution in [3.05, 3.63) is 0 Å². The fraction of sp³-hybridized carbons (Fsp3) is 0.929. The lowest BCUT2D eigenvalue weighted by atomic mass is 10.0. The first-order valence-corrected chi connectivity index (χ1v) is 7.12. The van der Waals surface area contributed by atoms with Gasteiger partial charge in [-0.2, -0.15) is 0 Å². The highest BCUT2D eigenvalue weighted by Crippen LogP contribution is 2.14. The van der Waals surface area contributed by atoms with E-state index in [0.29, 0.717) is 0 Å². The van der Waals surface area contributed by atoms with Gasteiger partial charge in [-0.25, -0.2) is 0 Å². The van der Waals surface area contributed by atoms with Crippen molar-refractivity contribution < 1.29 is 0 Å². The Morgan fingerprint density at radius 1 is 1.39 bits per heavy atom. The number of guanidine groups is 1. The van der Waals surface area contributed by atoms with Crippen molar-refractivity contribution in [3.8, 4) is 0 Å². The first-order chi connectivity index (χ1) is 8.40. The van der Waals surface area contributed by atoms with E-state index in [-0.39, 0.29) is 5.54 Å². The quantitative estimate of drug-likeness (QED) is 0.595. The van der Waals surface area contributed by atoms with Gasteiger partial charge in [-0.3, -0.25) is 4.99 Å². The minimum Gasteiger partial charge on any atom is -0.355 e. The minimum absolute atomic E-state index is 0.0570. The van der Waals surface area contributed by atoms with E-state index < -0.39 is 0 Å². The Morgan fingerprint density at radius 2 is 2.11 bits per heavy atom. The Hall–Kier alpha value is -0.770. The number of nitrogens with zero attached hydrogens (tertiary/aromatic N) is 2. The molecule has 4 heteroatoms. The molecule has 0 saturated carbocycles. The van der Waals surface area contributed by atoms with Gasteiger partial charge in [-0.1, -0.05) is 6.92 Å². The second-order valence-electron chi connectivity index (χ2n) is 6.42. The van der Waals surface area contributed by atoms with Crippen molar-refractivity contribution in [1.82, 2.24) is 15.5 Å². The Labute approximate surface area is 112 Å². The predicted molar refractivity (Wildman–Crippen MR) is 79.1 cm³/mol. The molecule has 0 amide bonds. The van der Waals surface area contributed by atoms with Gasteiger partial charge in [0.2, 0.25) is 0 Å². The lowest BCUT2D eigenvalue weighted by Crippen LogP contribution is -2.49. The molecule has 1 aliphatic rings. The highest BCUT2D eigenvalue weighted by molar-refractivity contribution is 5.80. The molecule has 1 heterocycles. The van der Waals surface area contributed by atoms with E-state index in [1.807, 2.05) is 7.05 Å². The van der Waals surface area contributed by atoms with Crippen LogP contribution in [0.15, 0.2) is 4.99 Å². The molecule has 2 N–H and O–H groups in total. The van der Waals surface area contributed by atoms with Crippen molar-refractivity contribution in [2.45, 2.75) is 46.1 Å². The first-order valence-electron chi connectivity index (χ1n) is 7.12. The first kappa shape index (κ1) is 15.3. The van der Waals surface area contributed by atoms with E-state index >= 15 is 0 Å². The Morgan fingerprint density at radius 3 is 2.67 bits per heavy atom. The van der Waals surface area contributed by atoms with Gasteiger partial charge in [-0.15, -0.1) is 0 Å². The fourth-order valence-corrected chi connectivity index (χ4v) is 2.36. The van der Waals surface area contributed by atoms with Gasteiger partial charge in [0.1, 0.15) is 0 Å². The second kappa shape index (κ2) is 6.98. The third-order valence-electron chi connectivity index (χ3n) is 3.18. The molecule has 0 aromatic heterocycles. The summed E-state index contributed by atoms with van der Waals surface area (Å²) in [5.74, 6) is 1.75. The summed E-state index contributed by atoms with van der Waals surface area (Å²) in [6, 6.07) is 0. The zero-order valence-corrected chi connectivity index (χ0v) is 12.7. The van der Waals surface area contributed by atoms with Crippen molar-refractivity contribution in [2.24, 2.45) is 10.9 Å². The summed E-state index contributed by atoms with van der Waals surface area (Å²) < 4.78 is 0. The number of likely N-dealkylation sites (tertiary alicyclic amines) is 1. The third kappa shape index (κ3) is 6.24. The van der Waals surface area contributed by atoms with Crippen LogP contribution in [0.25, 0.3) is 0 Å². The van der Waals surface area contributed by atoms with E-state index in [0.717, 1.165) is 25.0 Å². The molecule has 0 spiro atoms. The van der Waals surface area contributed by atoms with E-state index in [1.165, 1.54) is 25.9 Å². The van der Waals surface area contributed by atoms with Gasteiger partial charge in [-0.05, 0) is 46.1 Å². The van der Waals surface area contributed by atoms with Crippen LogP contribution in [0.3, 0.4) is 0 Å². The molecule has 18 heavy (non-hydrogen) atoms.